The van der Waals surface area contributed by atoms with Crippen LogP contribution in [0, 0.1) is 5.63 Å². The average molecular weight is 117 g/mol. The van der Waals surface area contributed by atoms with Gasteiger partial charge >= 0.3 is 43.2 Å². The van der Waals surface area contributed by atoms with E-state index in [1.807, 2.05) is 0 Å². The predicted molar refractivity (Wildman–Crippen MR) is 29.8 cm³/mol. The Labute approximate surface area is 44.2 Å². The summed E-state index contributed by atoms with van der Waals surface area (Å²) in [7, 11) is -0.000957. The first-order chi connectivity index (χ1) is 3.41. The summed E-state index contributed by atoms with van der Waals surface area (Å²) in [4.78, 5) is 0. The molecule has 0 rings (SSSR count). The van der Waals surface area contributed by atoms with Crippen LogP contribution in [-0.2, 0) is 4.57 Å². The number of rotatable bonds is 2. The second-order valence-corrected chi connectivity index (χ2v) is 1.64. The van der Waals surface area contributed by atoms with E-state index in [2.05, 4.69) is 5.63 Å². The van der Waals surface area contributed by atoms with Gasteiger partial charge in [-0.1, -0.05) is 0 Å². The minimum absolute atomic E-state index is 0.000957. The summed E-state index contributed by atoms with van der Waals surface area (Å²) < 4.78 is 9.62. The molecule has 0 saturated heterocycles. The number of nitrogens with two attached hydrogens (primary N) is 1. The molecule has 0 fully saturated rings. The van der Waals surface area contributed by atoms with Crippen molar-refractivity contribution in [2.75, 3.05) is 6.54 Å². The van der Waals surface area contributed by atoms with E-state index in [9.17, 15) is 4.57 Å². The van der Waals surface area contributed by atoms with Gasteiger partial charge in [0.1, 0.15) is 0 Å². The van der Waals surface area contributed by atoms with Gasteiger partial charge in [0, 0.05) is 0 Å². The molecule has 0 aliphatic heterocycles. The van der Waals surface area contributed by atoms with Crippen molar-refractivity contribution < 1.29 is 4.57 Å². The molecule has 40 valence electrons. The summed E-state index contributed by atoms with van der Waals surface area (Å²) in [6, 6.07) is 0. The molecule has 0 aliphatic rings. The molecule has 0 bridgehead atoms. The minimum atomic E-state index is -0.000957. The van der Waals surface area contributed by atoms with Crippen LogP contribution in [0.5, 0.6) is 0 Å². The molecule has 0 radical (unpaired) electrons. The quantitative estimate of drug-likeness (QED) is 0.432. The molecule has 0 aromatic heterocycles. The van der Waals surface area contributed by atoms with Gasteiger partial charge < -0.3 is 0 Å². The van der Waals surface area contributed by atoms with Crippen molar-refractivity contribution in [3.63, 3.8) is 0 Å². The normalized spacial score (nSPS) is 7.57. The molecule has 0 atom stereocenters. The van der Waals surface area contributed by atoms with Crippen molar-refractivity contribution in [1.82, 2.24) is 0 Å². The summed E-state index contributed by atoms with van der Waals surface area (Å²) in [6.45, 7) is 0.655. The molecule has 0 saturated carbocycles. The molecule has 0 aliphatic carbocycles. The summed E-state index contributed by atoms with van der Waals surface area (Å²) >= 11 is 0. The van der Waals surface area contributed by atoms with Gasteiger partial charge in [0.25, 0.3) is 0 Å². The van der Waals surface area contributed by atoms with Gasteiger partial charge in [-0.3, -0.25) is 0 Å². The van der Waals surface area contributed by atoms with Gasteiger partial charge in [0.15, 0.2) is 0 Å². The average Bonchev–Trinajstić information content (AvgIpc) is 1.69. The van der Waals surface area contributed by atoms with Gasteiger partial charge in [-0.15, -0.1) is 0 Å². The van der Waals surface area contributed by atoms with Crippen LogP contribution >= 0.6 is 7.92 Å². The van der Waals surface area contributed by atoms with E-state index in [1.54, 1.807) is 0 Å². The first-order valence-electron chi connectivity index (χ1n) is 2.17. The van der Waals surface area contributed by atoms with E-state index in [0.29, 0.717) is 6.54 Å². The van der Waals surface area contributed by atoms with Crippen LogP contribution in [0.2, 0.25) is 0 Å². The molecule has 3 heteroatoms. The van der Waals surface area contributed by atoms with Gasteiger partial charge in [-0.05, 0) is 0 Å². The monoisotopic (exact) mass is 117 g/mol. The molecule has 7 heavy (non-hydrogen) atoms. The van der Waals surface area contributed by atoms with Crippen molar-refractivity contribution in [3.05, 3.63) is 0 Å². The Kier molecular flexibility index (Phi) is 5.94. The molecule has 0 aromatic rings. The maximum absolute atomic E-state index is 9.62. The molecule has 2 nitrogen and oxygen atoms in total. The zero-order valence-electron chi connectivity index (χ0n) is 4.05. The Morgan fingerprint density at radius 1 is 1.71 bits per heavy atom. The Morgan fingerprint density at radius 2 is 2.43 bits per heavy atom. The fourth-order valence-electron chi connectivity index (χ4n) is 0.227. The van der Waals surface area contributed by atoms with E-state index < -0.39 is 0 Å². The molecule has 0 spiro atoms. The number of unbranched alkanes of at least 4 members (excludes halogenated alkanes) is 1. The second-order valence-electron chi connectivity index (χ2n) is 1.14. The molecule has 0 amide bonds. The summed E-state index contributed by atoms with van der Waals surface area (Å²) in [5.74, 6) is 0. The zero-order chi connectivity index (χ0) is 5.54. The third kappa shape index (κ3) is 5.97. The van der Waals surface area contributed by atoms with E-state index in [4.69, 9.17) is 5.73 Å². The molecule has 0 heterocycles. The van der Waals surface area contributed by atoms with Crippen LogP contribution in [0.1, 0.15) is 12.8 Å². The maximum atomic E-state index is 9.62. The molecular formula is C4H8NOP. The van der Waals surface area contributed by atoms with Crippen LogP contribution in [-0.4, -0.2) is 6.54 Å². The first-order valence-corrected chi connectivity index (χ1v) is 2.98. The molecule has 0 unspecified atom stereocenters. The van der Waals surface area contributed by atoms with Crippen LogP contribution in [0.15, 0.2) is 0 Å². The summed E-state index contributed by atoms with van der Waals surface area (Å²) in [5, 5.41) is 0. The Morgan fingerprint density at radius 3 is 2.86 bits per heavy atom. The third-order valence-corrected chi connectivity index (χ3v) is 0.910. The van der Waals surface area contributed by atoms with Gasteiger partial charge in [-0.2, -0.15) is 0 Å². The van der Waals surface area contributed by atoms with E-state index in [-0.39, 0.29) is 7.92 Å². The fourth-order valence-corrected chi connectivity index (χ4v) is 0.476. The van der Waals surface area contributed by atoms with Crippen molar-refractivity contribution in [3.8, 4) is 5.63 Å². The molecular weight excluding hydrogens is 109 g/mol. The van der Waals surface area contributed by atoms with E-state index in [1.165, 1.54) is 0 Å². The summed E-state index contributed by atoms with van der Waals surface area (Å²) in [5.41, 5.74) is 7.71. The topological polar surface area (TPSA) is 43.1 Å². The Balaban J connectivity index is 2.93. The first kappa shape index (κ1) is 6.97. The van der Waals surface area contributed by atoms with Crippen molar-refractivity contribution in [2.45, 2.75) is 12.8 Å². The van der Waals surface area contributed by atoms with E-state index >= 15 is 0 Å². The second kappa shape index (κ2) is 5.97. The Hall–Kier alpha value is -0.0300. The van der Waals surface area contributed by atoms with Crippen LogP contribution < -0.4 is 5.73 Å². The SMILES string of the molecule is NCCCC#P=O. The predicted octanol–water partition coefficient (Wildman–Crippen LogP) is 0.976. The Bertz CT molecular complexity index is 115. The molecule has 2 N–H and O–H groups in total. The van der Waals surface area contributed by atoms with Crippen molar-refractivity contribution in [1.29, 1.82) is 0 Å². The zero-order valence-corrected chi connectivity index (χ0v) is 4.95. The van der Waals surface area contributed by atoms with Crippen LogP contribution in [0.3, 0.4) is 0 Å². The third-order valence-electron chi connectivity index (χ3n) is 0.557. The van der Waals surface area contributed by atoms with Crippen LogP contribution in [0.25, 0.3) is 0 Å². The number of hydrogen-bond donors (Lipinski definition) is 1. The number of hydrogen-bond acceptors (Lipinski definition) is 2. The van der Waals surface area contributed by atoms with Gasteiger partial charge in [0.05, 0.1) is 0 Å². The van der Waals surface area contributed by atoms with Gasteiger partial charge in [0.2, 0.25) is 0 Å². The standard InChI is InChI=1S/C4H8NOP/c5-3-1-2-4-7-6/h1-3,5H2. The summed E-state index contributed by atoms with van der Waals surface area (Å²) in [6.07, 6.45) is 1.62. The van der Waals surface area contributed by atoms with Gasteiger partial charge in [-0.25, -0.2) is 0 Å². The fraction of sp³-hybridized carbons (Fsp3) is 0.750. The van der Waals surface area contributed by atoms with Crippen LogP contribution in [0.4, 0.5) is 0 Å². The van der Waals surface area contributed by atoms with Crippen molar-refractivity contribution in [2.24, 2.45) is 5.73 Å². The molecule has 0 aromatic carbocycles. The van der Waals surface area contributed by atoms with Crippen molar-refractivity contribution >= 4 is 7.92 Å². The van der Waals surface area contributed by atoms with E-state index in [0.717, 1.165) is 12.8 Å².